The van der Waals surface area contributed by atoms with E-state index in [1.54, 1.807) is 0 Å². The monoisotopic (exact) mass is 231 g/mol. The predicted octanol–water partition coefficient (Wildman–Crippen LogP) is 3.22. The third-order valence-electron chi connectivity index (χ3n) is 3.61. The first-order chi connectivity index (χ1) is 8.00. The van der Waals surface area contributed by atoms with E-state index in [-0.39, 0.29) is 0 Å². The number of fused-ring (bicyclic) bond motifs is 1. The van der Waals surface area contributed by atoms with E-state index in [1.807, 2.05) is 12.1 Å². The molecule has 1 aromatic heterocycles. The summed E-state index contributed by atoms with van der Waals surface area (Å²) in [7, 11) is 0. The van der Waals surface area contributed by atoms with Crippen molar-refractivity contribution in [2.45, 2.75) is 34.2 Å². The normalized spacial score (nSPS) is 13.5. The second kappa shape index (κ2) is 4.40. The van der Waals surface area contributed by atoms with Gasteiger partial charge in [0.2, 0.25) is 5.95 Å². The van der Waals surface area contributed by atoms with Crippen LogP contribution in [0.1, 0.15) is 26.3 Å². The van der Waals surface area contributed by atoms with Crippen molar-refractivity contribution in [3.8, 4) is 0 Å². The van der Waals surface area contributed by atoms with E-state index < -0.39 is 0 Å². The highest BCUT2D eigenvalue weighted by Crippen LogP contribution is 2.24. The maximum Gasteiger partial charge on any atom is 0.201 e. The average Bonchev–Trinajstić information content (AvgIpc) is 2.56. The molecule has 92 valence electrons. The molecule has 0 bridgehead atoms. The van der Waals surface area contributed by atoms with Crippen LogP contribution in [-0.4, -0.2) is 9.55 Å². The van der Waals surface area contributed by atoms with Crippen molar-refractivity contribution in [2.24, 2.45) is 11.8 Å². The third kappa shape index (κ3) is 2.14. The van der Waals surface area contributed by atoms with Crippen LogP contribution >= 0.6 is 0 Å². The topological polar surface area (TPSA) is 43.8 Å². The van der Waals surface area contributed by atoms with Gasteiger partial charge in [-0.25, -0.2) is 4.98 Å². The first-order valence-electron chi connectivity index (χ1n) is 6.22. The number of imidazole rings is 1. The molecule has 0 aliphatic rings. The molecule has 2 rings (SSSR count). The van der Waals surface area contributed by atoms with Crippen LogP contribution in [0.4, 0.5) is 5.95 Å². The van der Waals surface area contributed by atoms with Gasteiger partial charge in [-0.1, -0.05) is 32.9 Å². The van der Waals surface area contributed by atoms with Gasteiger partial charge in [-0.2, -0.15) is 0 Å². The summed E-state index contributed by atoms with van der Waals surface area (Å²) in [5, 5.41) is 0. The Morgan fingerprint density at radius 2 is 2.00 bits per heavy atom. The van der Waals surface area contributed by atoms with Crippen LogP contribution in [-0.2, 0) is 6.54 Å². The van der Waals surface area contributed by atoms with Crippen LogP contribution in [0.3, 0.4) is 0 Å². The molecule has 0 amide bonds. The fourth-order valence-electron chi connectivity index (χ4n) is 2.07. The number of anilines is 1. The number of nitrogen functional groups attached to an aromatic ring is 1. The number of hydrogen-bond acceptors (Lipinski definition) is 2. The van der Waals surface area contributed by atoms with E-state index in [9.17, 15) is 0 Å². The molecule has 3 heteroatoms. The lowest BCUT2D eigenvalue weighted by molar-refractivity contribution is 0.371. The highest BCUT2D eigenvalue weighted by atomic mass is 15.2. The largest absolute Gasteiger partial charge is 0.369 e. The van der Waals surface area contributed by atoms with Gasteiger partial charge in [0.15, 0.2) is 0 Å². The van der Waals surface area contributed by atoms with Crippen LogP contribution in [0.2, 0.25) is 0 Å². The first kappa shape index (κ1) is 12.0. The third-order valence-corrected chi connectivity index (χ3v) is 3.61. The average molecular weight is 231 g/mol. The Labute approximate surface area is 103 Å². The lowest BCUT2D eigenvalue weighted by Gasteiger charge is -2.18. The van der Waals surface area contributed by atoms with Crippen LogP contribution in [0.15, 0.2) is 18.2 Å². The van der Waals surface area contributed by atoms with Crippen molar-refractivity contribution in [3.05, 3.63) is 23.8 Å². The van der Waals surface area contributed by atoms with E-state index >= 15 is 0 Å². The van der Waals surface area contributed by atoms with Gasteiger partial charge in [0, 0.05) is 6.54 Å². The van der Waals surface area contributed by atoms with Gasteiger partial charge in [-0.15, -0.1) is 0 Å². The van der Waals surface area contributed by atoms with Gasteiger partial charge < -0.3 is 10.3 Å². The Balaban J connectivity index is 2.49. The molecule has 1 unspecified atom stereocenters. The lowest BCUT2D eigenvalue weighted by Crippen LogP contribution is -2.15. The van der Waals surface area contributed by atoms with E-state index in [2.05, 4.69) is 43.3 Å². The molecule has 0 saturated heterocycles. The molecule has 0 radical (unpaired) electrons. The molecule has 1 heterocycles. The van der Waals surface area contributed by atoms with Crippen molar-refractivity contribution in [1.29, 1.82) is 0 Å². The first-order valence-corrected chi connectivity index (χ1v) is 6.22. The SMILES string of the molecule is Cc1cccc2nc(N)n(CC(C)C(C)C)c12. The minimum absolute atomic E-state index is 0.592. The number of aromatic nitrogens is 2. The van der Waals surface area contributed by atoms with Crippen molar-refractivity contribution >= 4 is 17.0 Å². The molecule has 0 saturated carbocycles. The highest BCUT2D eigenvalue weighted by Gasteiger charge is 2.14. The summed E-state index contributed by atoms with van der Waals surface area (Å²) in [6.07, 6.45) is 0. The number of hydrogen-bond donors (Lipinski definition) is 1. The van der Waals surface area contributed by atoms with Crippen molar-refractivity contribution in [1.82, 2.24) is 9.55 Å². The maximum absolute atomic E-state index is 6.02. The predicted molar refractivity (Wildman–Crippen MR) is 72.9 cm³/mol. The van der Waals surface area contributed by atoms with Gasteiger partial charge in [0.05, 0.1) is 11.0 Å². The Kier molecular flexibility index (Phi) is 3.09. The minimum Gasteiger partial charge on any atom is -0.369 e. The molecule has 2 aromatic rings. The summed E-state index contributed by atoms with van der Waals surface area (Å²) in [4.78, 5) is 4.43. The Morgan fingerprint density at radius 1 is 1.29 bits per heavy atom. The molecule has 3 nitrogen and oxygen atoms in total. The van der Waals surface area contributed by atoms with Crippen LogP contribution in [0.25, 0.3) is 11.0 Å². The van der Waals surface area contributed by atoms with Gasteiger partial charge in [-0.3, -0.25) is 0 Å². The van der Waals surface area contributed by atoms with Crippen LogP contribution in [0.5, 0.6) is 0 Å². The quantitative estimate of drug-likeness (QED) is 0.881. The zero-order valence-corrected chi connectivity index (χ0v) is 11.1. The molecular formula is C14H21N3. The summed E-state index contributed by atoms with van der Waals surface area (Å²) < 4.78 is 2.15. The van der Waals surface area contributed by atoms with Gasteiger partial charge in [-0.05, 0) is 30.4 Å². The molecule has 1 atom stereocenters. The molecule has 1 aromatic carbocycles. The van der Waals surface area contributed by atoms with E-state index in [1.165, 1.54) is 11.1 Å². The Bertz CT molecular complexity index is 525. The molecule has 0 aliphatic heterocycles. The number of aryl methyl sites for hydroxylation is 1. The van der Waals surface area contributed by atoms with Crippen molar-refractivity contribution in [3.63, 3.8) is 0 Å². The zero-order valence-electron chi connectivity index (χ0n) is 11.1. The standard InChI is InChI=1S/C14H21N3/c1-9(2)11(4)8-17-13-10(3)6-5-7-12(13)16-14(17)15/h5-7,9,11H,8H2,1-4H3,(H2,15,16). The Hall–Kier alpha value is -1.51. The minimum atomic E-state index is 0.592. The van der Waals surface area contributed by atoms with Crippen molar-refractivity contribution < 1.29 is 0 Å². The van der Waals surface area contributed by atoms with E-state index in [4.69, 9.17) is 5.73 Å². The molecular weight excluding hydrogens is 210 g/mol. The summed E-state index contributed by atoms with van der Waals surface area (Å²) in [6.45, 7) is 9.79. The molecule has 17 heavy (non-hydrogen) atoms. The second-order valence-electron chi connectivity index (χ2n) is 5.24. The molecule has 0 fully saturated rings. The number of nitrogens with zero attached hydrogens (tertiary/aromatic N) is 2. The Morgan fingerprint density at radius 3 is 2.65 bits per heavy atom. The molecule has 0 aliphatic carbocycles. The maximum atomic E-state index is 6.02. The number of nitrogens with two attached hydrogens (primary N) is 1. The number of benzene rings is 1. The summed E-state index contributed by atoms with van der Waals surface area (Å²) in [5.41, 5.74) is 9.44. The number of rotatable bonds is 3. The van der Waals surface area contributed by atoms with Crippen molar-refractivity contribution in [2.75, 3.05) is 5.73 Å². The zero-order chi connectivity index (χ0) is 12.6. The molecule has 2 N–H and O–H groups in total. The molecule has 0 spiro atoms. The fourth-order valence-corrected chi connectivity index (χ4v) is 2.07. The van der Waals surface area contributed by atoms with Gasteiger partial charge in [0.1, 0.15) is 0 Å². The fraction of sp³-hybridized carbons (Fsp3) is 0.500. The van der Waals surface area contributed by atoms with E-state index in [0.29, 0.717) is 17.8 Å². The van der Waals surface area contributed by atoms with E-state index in [0.717, 1.165) is 12.1 Å². The second-order valence-corrected chi connectivity index (χ2v) is 5.24. The summed E-state index contributed by atoms with van der Waals surface area (Å²) in [5.74, 6) is 1.87. The van der Waals surface area contributed by atoms with Crippen LogP contribution < -0.4 is 5.73 Å². The van der Waals surface area contributed by atoms with Crippen LogP contribution in [0, 0.1) is 18.8 Å². The summed E-state index contributed by atoms with van der Waals surface area (Å²) in [6, 6.07) is 6.16. The number of para-hydroxylation sites is 1. The highest BCUT2D eigenvalue weighted by molar-refractivity contribution is 5.81. The summed E-state index contributed by atoms with van der Waals surface area (Å²) >= 11 is 0. The van der Waals surface area contributed by atoms with Gasteiger partial charge >= 0.3 is 0 Å². The smallest absolute Gasteiger partial charge is 0.201 e. The lowest BCUT2D eigenvalue weighted by atomic mass is 9.98. The van der Waals surface area contributed by atoms with Gasteiger partial charge in [0.25, 0.3) is 0 Å².